The summed E-state index contributed by atoms with van der Waals surface area (Å²) in [5.41, 5.74) is -9.69. The first-order chi connectivity index (χ1) is 57.6. The number of aliphatic hydroxyl groups excluding tert-OH is 1. The monoisotopic (exact) mass is 1950 g/mol. The van der Waals surface area contributed by atoms with Crippen molar-refractivity contribution in [1.82, 2.24) is 57.3 Å². The summed E-state index contributed by atoms with van der Waals surface area (Å²) in [4.78, 5) is 167. The highest BCUT2D eigenvalue weighted by molar-refractivity contribution is 8.45. The zero-order chi connectivity index (χ0) is 89.6. The molecule has 2 unspecified atom stereocenters. The molecule has 0 saturated carbocycles. The Kier molecular flexibility index (Phi) is 30.9. The number of hydrogen-bond donors (Lipinski definition) is 12. The maximum absolute atomic E-state index is 14.8. The van der Waals surface area contributed by atoms with Crippen LogP contribution in [0.3, 0.4) is 0 Å². The van der Waals surface area contributed by atoms with Gasteiger partial charge in [-0.05, 0) is 55.4 Å². The lowest BCUT2D eigenvalue weighted by Gasteiger charge is -2.27. The molecule has 49 nitrogen and oxygen atoms in total. The van der Waals surface area contributed by atoms with Crippen molar-refractivity contribution in [3.63, 3.8) is 0 Å². The zero-order valence-electron chi connectivity index (χ0n) is 65.7. The van der Waals surface area contributed by atoms with Crippen LogP contribution in [0, 0.1) is 41.5 Å². The normalized spacial score (nSPS) is 29.4. The van der Waals surface area contributed by atoms with E-state index in [1.807, 2.05) is 0 Å². The van der Waals surface area contributed by atoms with Crippen LogP contribution in [-0.4, -0.2) is 181 Å². The van der Waals surface area contributed by atoms with Gasteiger partial charge in [0.05, 0.1) is 51.8 Å². The van der Waals surface area contributed by atoms with Crippen LogP contribution in [0.5, 0.6) is 0 Å². The highest BCUT2D eigenvalue weighted by Crippen LogP contribution is 2.63. The van der Waals surface area contributed by atoms with Crippen LogP contribution in [0.2, 0.25) is 0 Å². The molecule has 60 heteroatoms. The van der Waals surface area contributed by atoms with Gasteiger partial charge in [-0.2, -0.15) is 0 Å². The topological polar surface area (TPSA) is 618 Å². The molecule has 0 radical (unpaired) electrons. The van der Waals surface area contributed by atoms with Gasteiger partial charge in [0.1, 0.15) is 105 Å². The Morgan fingerprint density at radius 2 is 0.528 bits per heavy atom. The first kappa shape index (κ1) is 96.5. The maximum Gasteiger partial charge on any atom is 0.386 e. The fourth-order valence-electron chi connectivity index (χ4n) is 13.8. The average Bonchev–Trinajstić information content (AvgIpc) is 1.62. The lowest BCUT2D eigenvalue weighted by atomic mass is 10.2. The van der Waals surface area contributed by atoms with Crippen LogP contribution in [0.4, 0.5) is 0 Å². The average molecular weight is 1950 g/mol. The number of rotatable bonds is 36. The molecule has 24 atom stereocenters. The Morgan fingerprint density at radius 1 is 0.350 bits per heavy atom. The summed E-state index contributed by atoms with van der Waals surface area (Å²) in [5.74, 6) is 0. The van der Waals surface area contributed by atoms with Crippen LogP contribution < -0.4 is 67.5 Å². The third-order valence-electron chi connectivity index (χ3n) is 19.9. The molecule has 0 aromatic carbocycles. The standard InChI is InChI=1S/C63H86N12O37P6S5/c1-27(2)106-113(89)107-34-9-46(70-15-28(3)52(77)64-58(70)83)101-41(34)22-95-115(91,120)109-36-11-48(72-17-30(5)54(79)66-60(72)85)103-43(36)24-97-117(93,122)111-38-13-50(74-19-32(7)56(81)68-62(74)87)105-45(38)26-99-118(94,123)112-39-14-51(75-20-33(8)57(82)69-63(75)88)104-44(39)25-98-116(92,121)110-37-12-49(73-18-31(6)55(80)67-61(73)86)102-42(37)23-96-114(90,119)108-35-10-47(100-40(35)21-76)71-16-29(4)53(78)65-59(71)84/h15-20,27,34-51,76,113H,9-14,21-26H2,1-8H3,(H,90,119)(H,91,120)(H,92,121)(H,93,122)(H,94,123)(H,64,77,83)(H,65,78,84)(H,66,79,85)(H,67,80,86)(H,68,81,87)(H,69,82,88)/t34-,35-,36-,37-,38-,39-,40+,41+,42+,43?,44+,45+,46+,47+,48+,49+,50+,51+,114+,115+,116+,117+,118+/m0/s1. The van der Waals surface area contributed by atoms with Gasteiger partial charge >= 0.3 is 76.4 Å². The van der Waals surface area contributed by atoms with Gasteiger partial charge in [0.15, 0.2) is 0 Å². The SMILES string of the molecule is Cc1cn([C@H]2C[C@H](O[P@](=O)(S)OC[C@H]3O[C@@H](n4cc(C)c(=O)[nH]c4=O)C[C@@H]3O[PH](=O)OC(C)C)C(CO[P@@](=O)(S)O[C@H]3C[C@H](n4cc(C)c(=O)[nH]c4=O)O[C@@H]3CO[P@@](=O)(S)O[C@H]3C[C@H](n4cc(C)c(=O)[nH]c4=O)O[C@@H]3CO[P@@](=O)(S)O[C@H]3C[C@H](n4cc(C)c(=O)[nH]c4=O)O[C@@H]3CO[P@@](=O)(S)O[C@H]3C[C@H](n4cc(C)c(=O)[nH]c4=O)O[C@@H]3CO)O2)c(=O)[nH]c1=O. The quantitative estimate of drug-likeness (QED) is 0.0198. The molecule has 6 aromatic heterocycles. The number of nitrogens with zero attached hydrogens (tertiary/aromatic N) is 6. The van der Waals surface area contributed by atoms with E-state index >= 15 is 0 Å². The van der Waals surface area contributed by atoms with Crippen molar-refractivity contribution >= 4 is 103 Å². The highest BCUT2D eigenvalue weighted by atomic mass is 32.7. The molecule has 6 fully saturated rings. The smallest absolute Gasteiger partial charge is 0.386 e. The number of thiol groups is 5. The molecule has 0 amide bonds. The molecule has 680 valence electrons. The number of aromatic amines is 6. The zero-order valence-corrected chi connectivity index (χ0v) is 75.7. The molecule has 7 N–H and O–H groups in total. The molecule has 6 aliphatic rings. The minimum absolute atomic E-state index is 0.0106. The Labute approximate surface area is 717 Å². The Balaban J connectivity index is 0.745. The largest absolute Gasteiger partial charge is 0.394 e. The van der Waals surface area contributed by atoms with Crippen molar-refractivity contribution in [2.75, 3.05) is 39.6 Å². The second kappa shape index (κ2) is 39.4. The molecule has 0 aliphatic carbocycles. The van der Waals surface area contributed by atoms with Gasteiger partial charge < -0.3 is 42.6 Å². The molecule has 123 heavy (non-hydrogen) atoms. The maximum atomic E-state index is 14.8. The lowest BCUT2D eigenvalue weighted by molar-refractivity contribution is -0.0545. The Bertz CT molecular complexity index is 6030. The molecule has 6 aromatic rings. The van der Waals surface area contributed by atoms with E-state index in [2.05, 4.69) is 91.1 Å². The van der Waals surface area contributed by atoms with Gasteiger partial charge in [0.25, 0.3) is 33.4 Å². The fourth-order valence-corrected chi connectivity index (χ4v) is 22.4. The van der Waals surface area contributed by atoms with Gasteiger partial charge in [-0.1, -0.05) is 61.2 Å². The van der Waals surface area contributed by atoms with Crippen LogP contribution in [0.25, 0.3) is 0 Å². The number of ether oxygens (including phenoxy) is 6. The predicted octanol–water partition coefficient (Wildman–Crippen LogP) is 3.25. The number of aromatic nitrogens is 12. The van der Waals surface area contributed by atoms with Crippen molar-refractivity contribution in [3.05, 3.63) is 196 Å². The van der Waals surface area contributed by atoms with E-state index in [0.717, 1.165) is 52.2 Å². The van der Waals surface area contributed by atoms with Gasteiger partial charge in [0.2, 0.25) is 0 Å². The van der Waals surface area contributed by atoms with E-state index in [9.17, 15) is 90.0 Å². The van der Waals surface area contributed by atoms with Gasteiger partial charge in [-0.3, -0.25) is 136 Å². The Hall–Kier alpha value is -5.55. The first-order valence-electron chi connectivity index (χ1n) is 37.2. The van der Waals surface area contributed by atoms with Gasteiger partial charge in [-0.25, -0.2) is 51.6 Å². The summed E-state index contributed by atoms with van der Waals surface area (Å²) in [6.45, 7) is -17.4. The molecule has 6 aliphatic heterocycles. The minimum Gasteiger partial charge on any atom is -0.394 e. The molecule has 12 heterocycles. The summed E-state index contributed by atoms with van der Waals surface area (Å²) in [7, 11) is -3.25. The molecule has 0 spiro atoms. The second-order valence-electron chi connectivity index (χ2n) is 29.4. The van der Waals surface area contributed by atoms with E-state index in [1.165, 1.54) is 53.9 Å². The van der Waals surface area contributed by atoms with Crippen molar-refractivity contribution in [2.45, 2.75) is 211 Å². The van der Waals surface area contributed by atoms with Crippen molar-refractivity contribution in [2.24, 2.45) is 0 Å². The molecular formula is C63H86N12O37P6S5. The van der Waals surface area contributed by atoms with E-state index in [1.54, 1.807) is 13.8 Å². The van der Waals surface area contributed by atoms with E-state index in [-0.39, 0.29) is 46.2 Å². The molecule has 6 saturated heterocycles. The third-order valence-corrected chi connectivity index (χ3v) is 29.3. The first-order valence-corrected chi connectivity index (χ1v) is 51.9. The van der Waals surface area contributed by atoms with Gasteiger partial charge in [-0.15, -0.1) is 0 Å². The number of H-pyrrole nitrogens is 6. The van der Waals surface area contributed by atoms with E-state index in [4.69, 9.17) is 82.7 Å². The van der Waals surface area contributed by atoms with Crippen LogP contribution in [0.15, 0.2) is 94.7 Å². The highest BCUT2D eigenvalue weighted by Gasteiger charge is 2.51. The summed E-state index contributed by atoms with van der Waals surface area (Å²) >= 11 is 21.1. The molecular weight excluding hydrogens is 1860 g/mol. The van der Waals surface area contributed by atoms with Crippen LogP contribution in [-0.2, 0) is 110 Å². The summed E-state index contributed by atoms with van der Waals surface area (Å²) in [6, 6.07) is 0. The van der Waals surface area contributed by atoms with Gasteiger partial charge in [0, 0.05) is 109 Å². The van der Waals surface area contributed by atoms with Crippen molar-refractivity contribution in [1.29, 1.82) is 0 Å². The number of aryl methyl sites for hydroxylation is 6. The Morgan fingerprint density at radius 3 is 0.724 bits per heavy atom. The minimum atomic E-state index is -4.92. The molecule has 12 rings (SSSR count). The molecule has 0 bridgehead atoms. The number of aliphatic hydroxyl groups is 1. The van der Waals surface area contributed by atoms with Crippen molar-refractivity contribution in [3.8, 4) is 0 Å². The number of hydrogen-bond acceptors (Lipinski definition) is 37. The number of nitrogens with one attached hydrogen (secondary N) is 6. The van der Waals surface area contributed by atoms with Crippen LogP contribution >= 0.6 is 103 Å². The van der Waals surface area contributed by atoms with E-state index < -0.39 is 292 Å². The van der Waals surface area contributed by atoms with Crippen molar-refractivity contribution < 1.29 is 115 Å². The summed E-state index contributed by atoms with van der Waals surface area (Å²) < 4.78 is 198. The lowest BCUT2D eigenvalue weighted by Crippen LogP contribution is -2.33. The summed E-state index contributed by atoms with van der Waals surface area (Å²) in [6.07, 6.45) is -21.0. The summed E-state index contributed by atoms with van der Waals surface area (Å²) in [5, 5.41) is 10.2. The fraction of sp³-hybridized carbons (Fsp3) is 0.619. The predicted molar refractivity (Wildman–Crippen MR) is 442 cm³/mol. The van der Waals surface area contributed by atoms with Crippen LogP contribution in [0.1, 0.15) is 123 Å². The second-order valence-corrected chi connectivity index (χ2v) is 44.7. The van der Waals surface area contributed by atoms with E-state index in [0.29, 0.717) is 0 Å². The third kappa shape index (κ3) is 24.1.